The Morgan fingerprint density at radius 3 is 1.01 bits per heavy atom. The Balaban J connectivity index is 1.04. The smallest absolute Gasteiger partial charge is 0.196 e. The molecule has 75 heavy (non-hydrogen) atoms. The summed E-state index contributed by atoms with van der Waals surface area (Å²) in [6, 6.07) is 51.8. The van der Waals surface area contributed by atoms with Crippen LogP contribution in [0.2, 0.25) is 0 Å². The van der Waals surface area contributed by atoms with Crippen LogP contribution in [0.4, 0.5) is 0 Å². The second kappa shape index (κ2) is 23.3. The first-order valence-corrected chi connectivity index (χ1v) is 30.4. The van der Waals surface area contributed by atoms with Gasteiger partial charge in [-0.1, -0.05) is 227 Å². The van der Waals surface area contributed by atoms with Crippen LogP contribution in [0.3, 0.4) is 0 Å². The molecule has 2 aliphatic carbocycles. The number of rotatable bonds is 15. The van der Waals surface area contributed by atoms with Crippen LogP contribution in [0.1, 0.15) is 192 Å². The minimum absolute atomic E-state index is 0.00560. The van der Waals surface area contributed by atoms with Crippen LogP contribution in [0.5, 0.6) is 0 Å². The molecule has 0 unspecified atom stereocenters. The van der Waals surface area contributed by atoms with E-state index in [0.29, 0.717) is 28.2 Å². The summed E-state index contributed by atoms with van der Waals surface area (Å²) in [5.41, 5.74) is 9.44. The molecule has 0 heterocycles. The topological polar surface area (TPSA) is 34.1 Å². The molecule has 7 aromatic carbocycles. The summed E-state index contributed by atoms with van der Waals surface area (Å²) in [6.07, 6.45) is 15.2. The predicted molar refractivity (Wildman–Crippen MR) is 322 cm³/mol. The molecule has 1 saturated carbocycles. The van der Waals surface area contributed by atoms with E-state index in [1.807, 2.05) is 12.1 Å². The van der Waals surface area contributed by atoms with Gasteiger partial charge in [0.2, 0.25) is 0 Å². The van der Waals surface area contributed by atoms with E-state index in [9.17, 15) is 0 Å². The molecule has 0 amide bonds. The Labute approximate surface area is 466 Å². The molecule has 0 bridgehead atoms. The molecule has 0 radical (unpaired) electrons. The lowest BCUT2D eigenvalue weighted by Gasteiger charge is -2.29. The average molecular weight is 1060 g/mol. The summed E-state index contributed by atoms with van der Waals surface area (Å²) in [5, 5.41) is 0. The zero-order valence-electron chi connectivity index (χ0n) is 45.8. The van der Waals surface area contributed by atoms with E-state index in [4.69, 9.17) is 0 Å². The molecule has 2 nitrogen and oxygen atoms in total. The van der Waals surface area contributed by atoms with Gasteiger partial charge in [-0.2, -0.15) is 0 Å². The van der Waals surface area contributed by atoms with Crippen LogP contribution >= 0.6 is 47.0 Å². The number of benzene rings is 7. The lowest BCUT2D eigenvalue weighted by atomic mass is 9.77. The van der Waals surface area contributed by atoms with Crippen molar-refractivity contribution in [3.63, 3.8) is 0 Å². The monoisotopic (exact) mass is 1060 g/mol. The molecule has 386 valence electrons. The van der Waals surface area contributed by atoms with E-state index in [1.54, 1.807) is 47.0 Å². The Morgan fingerprint density at radius 2 is 0.707 bits per heavy atom. The lowest BCUT2D eigenvalue weighted by Crippen LogP contribution is -2.24. The van der Waals surface area contributed by atoms with Crippen molar-refractivity contribution in [3.8, 4) is 0 Å². The third kappa shape index (κ3) is 13.2. The molecule has 9 rings (SSSR count). The highest BCUT2D eigenvalue weighted by Gasteiger charge is 2.38. The van der Waals surface area contributed by atoms with E-state index in [2.05, 4.69) is 215 Å². The van der Waals surface area contributed by atoms with Crippen molar-refractivity contribution >= 4 is 70.8 Å². The summed E-state index contributed by atoms with van der Waals surface area (Å²) in [4.78, 5) is 38.8. The summed E-state index contributed by atoms with van der Waals surface area (Å²) in [5.74, 6) is 1.37. The van der Waals surface area contributed by atoms with Gasteiger partial charge in [-0.3, -0.25) is 9.59 Å². The number of hydrogen-bond donors (Lipinski definition) is 0. The first-order chi connectivity index (χ1) is 35.8. The fourth-order valence-corrected chi connectivity index (χ4v) is 14.2. The molecule has 0 aromatic heterocycles. The van der Waals surface area contributed by atoms with E-state index in [1.165, 1.54) is 79.2 Å². The van der Waals surface area contributed by atoms with E-state index < -0.39 is 0 Å². The van der Waals surface area contributed by atoms with Crippen molar-refractivity contribution in [1.29, 1.82) is 0 Å². The number of unbranched alkanes of at least 4 members (excludes halogenated alkanes) is 2. The van der Waals surface area contributed by atoms with E-state index in [0.717, 1.165) is 50.6 Å². The van der Waals surface area contributed by atoms with Crippen LogP contribution in [0.15, 0.2) is 185 Å². The number of fused-ring (bicyclic) bond motifs is 2. The Bertz CT molecular complexity index is 3150. The van der Waals surface area contributed by atoms with Crippen molar-refractivity contribution < 1.29 is 9.59 Å². The van der Waals surface area contributed by atoms with Crippen LogP contribution in [0.25, 0.3) is 12.2 Å². The minimum atomic E-state index is -0.118. The summed E-state index contributed by atoms with van der Waals surface area (Å²) >= 11 is 6.22. The van der Waals surface area contributed by atoms with Crippen molar-refractivity contribution in [1.82, 2.24) is 0 Å². The largest absolute Gasteiger partial charge is 0.288 e. The van der Waals surface area contributed by atoms with Gasteiger partial charge in [0.05, 0.1) is 0 Å². The Hall–Kier alpha value is -4.98. The molecular weight excluding hydrogens is 989 g/mol. The first kappa shape index (κ1) is 54.8. The molecule has 0 spiro atoms. The van der Waals surface area contributed by atoms with Gasteiger partial charge < -0.3 is 0 Å². The highest BCUT2D eigenvalue weighted by molar-refractivity contribution is 8.00. The van der Waals surface area contributed by atoms with Gasteiger partial charge in [0.15, 0.2) is 11.6 Å². The molecule has 6 heteroatoms. The van der Waals surface area contributed by atoms with Gasteiger partial charge in [-0.25, -0.2) is 0 Å². The highest BCUT2D eigenvalue weighted by Crippen LogP contribution is 2.49. The Morgan fingerprint density at radius 1 is 0.400 bits per heavy atom. The SMILES string of the molecule is CCCCCC1CCC(c2ccc(/C=C/c3ccc(Sc4ccc(Sc5ccc(C(C)(C)C)cc5)c5c4C(=O)c4c(Sc6ccc(C(C)(C)C)cc6)ccc(Sc6ccc(C(C)(C)C)cc6)c4C5=O)cc3)cc2)CC1. The summed E-state index contributed by atoms with van der Waals surface area (Å²) in [7, 11) is 0. The zero-order valence-corrected chi connectivity index (χ0v) is 49.0. The molecule has 7 aromatic rings. The molecule has 0 saturated heterocycles. The van der Waals surface area contributed by atoms with Crippen molar-refractivity contribution in [2.75, 3.05) is 0 Å². The maximum atomic E-state index is 15.8. The zero-order chi connectivity index (χ0) is 53.1. The molecule has 0 N–H and O–H groups in total. The van der Waals surface area contributed by atoms with Gasteiger partial charge in [0.25, 0.3) is 0 Å². The second-order valence-electron chi connectivity index (χ2n) is 23.8. The molecular formula is C69H74O2S4. The van der Waals surface area contributed by atoms with Crippen molar-refractivity contribution in [2.45, 2.75) is 182 Å². The standard InChI is InChI=1S/C69H74O2S4/c1-11-12-13-14-45-17-23-48(24-18-45)49-25-19-46(20-26-49)15-16-47-21-33-53(34-22-47)72-57-41-42-58(73-54-35-27-50(28-36-54)67(2,3)4)62-61(57)65(70)63-59(74-55-37-29-51(30-38-55)68(5,6)7)43-44-60(64(63)66(62)71)75-56-39-31-52(32-40-56)69(8,9)10/h15-16,19-22,25-45,48H,11-14,17-18,23-24H2,1-10H3/b16-15+. The van der Waals surface area contributed by atoms with Gasteiger partial charge in [0, 0.05) is 61.4 Å². The fourth-order valence-electron chi connectivity index (χ4n) is 10.4. The maximum absolute atomic E-state index is 15.8. The van der Waals surface area contributed by atoms with Crippen molar-refractivity contribution in [3.05, 3.63) is 201 Å². The fraction of sp³-hybridized carbons (Fsp3) is 0.333. The predicted octanol–water partition coefficient (Wildman–Crippen LogP) is 21.0. The Kier molecular flexibility index (Phi) is 17.0. The quantitative estimate of drug-likeness (QED) is 0.0752. The molecule has 0 aliphatic heterocycles. The summed E-state index contributed by atoms with van der Waals surface area (Å²) in [6.45, 7) is 22.3. The molecule has 1 fully saturated rings. The maximum Gasteiger partial charge on any atom is 0.196 e. The normalized spacial score (nSPS) is 16.1. The van der Waals surface area contributed by atoms with Gasteiger partial charge >= 0.3 is 0 Å². The van der Waals surface area contributed by atoms with E-state index in [-0.39, 0.29) is 27.8 Å². The van der Waals surface area contributed by atoms with Crippen LogP contribution < -0.4 is 0 Å². The summed E-state index contributed by atoms with van der Waals surface area (Å²) < 4.78 is 0. The average Bonchev–Trinajstić information content (AvgIpc) is 3.39. The van der Waals surface area contributed by atoms with Gasteiger partial charge in [0.1, 0.15) is 0 Å². The van der Waals surface area contributed by atoms with Gasteiger partial charge in [-0.05, 0) is 160 Å². The number of hydrogen-bond acceptors (Lipinski definition) is 6. The van der Waals surface area contributed by atoms with Crippen LogP contribution in [-0.2, 0) is 16.2 Å². The van der Waals surface area contributed by atoms with Gasteiger partial charge in [-0.15, -0.1) is 0 Å². The van der Waals surface area contributed by atoms with Crippen LogP contribution in [0, 0.1) is 5.92 Å². The second-order valence-corrected chi connectivity index (χ2v) is 28.3. The third-order valence-corrected chi connectivity index (χ3v) is 19.3. The molecule has 2 aliphatic rings. The van der Waals surface area contributed by atoms with Crippen LogP contribution in [-0.4, -0.2) is 11.6 Å². The van der Waals surface area contributed by atoms with Crippen molar-refractivity contribution in [2.24, 2.45) is 5.92 Å². The first-order valence-electron chi connectivity index (χ1n) is 27.2. The molecule has 0 atom stereocenters. The highest BCUT2D eigenvalue weighted by atomic mass is 32.2. The van der Waals surface area contributed by atoms with E-state index >= 15 is 9.59 Å². The third-order valence-electron chi connectivity index (χ3n) is 15.1. The number of carbonyl (C=O) groups is 2. The minimum Gasteiger partial charge on any atom is -0.288 e. The lowest BCUT2D eigenvalue weighted by molar-refractivity contribution is 0.0970. The number of carbonyl (C=O) groups excluding carboxylic acids is 2. The number of ketones is 2.